The fourth-order valence-corrected chi connectivity index (χ4v) is 4.12. The number of hydrogen-bond acceptors (Lipinski definition) is 3. The van der Waals surface area contributed by atoms with Gasteiger partial charge in [0.2, 0.25) is 5.91 Å². The summed E-state index contributed by atoms with van der Waals surface area (Å²) in [6.07, 6.45) is 5.22. The number of azo groups is 1. The van der Waals surface area contributed by atoms with Crippen LogP contribution in [0.3, 0.4) is 0 Å². The van der Waals surface area contributed by atoms with Gasteiger partial charge in [-0.05, 0) is 79.5 Å². The van der Waals surface area contributed by atoms with E-state index in [-0.39, 0.29) is 17.8 Å². The molecule has 0 spiro atoms. The van der Waals surface area contributed by atoms with E-state index in [0.717, 1.165) is 48.8 Å². The lowest BCUT2D eigenvalue weighted by Gasteiger charge is -2.25. The maximum atomic E-state index is 14.5. The molecule has 6 heteroatoms. The first kappa shape index (κ1) is 19.2. The minimum atomic E-state index is -0.544. The number of benzene rings is 2. The molecule has 1 atom stereocenters. The molecule has 2 N–H and O–H groups in total. The predicted molar refractivity (Wildman–Crippen MR) is 108 cm³/mol. The van der Waals surface area contributed by atoms with Crippen molar-refractivity contribution in [2.45, 2.75) is 44.6 Å². The van der Waals surface area contributed by atoms with Crippen molar-refractivity contribution >= 4 is 11.8 Å². The third kappa shape index (κ3) is 4.01. The van der Waals surface area contributed by atoms with Gasteiger partial charge in [-0.2, -0.15) is 5.11 Å². The van der Waals surface area contributed by atoms with Crippen LogP contribution in [0.5, 0.6) is 0 Å². The highest BCUT2D eigenvalue weighted by atomic mass is 19.1. The molecule has 0 aromatic heterocycles. The first-order valence-electron chi connectivity index (χ1n) is 9.88. The Kier molecular flexibility index (Phi) is 5.34. The lowest BCUT2D eigenvalue weighted by molar-refractivity contribution is -0.115. The Labute approximate surface area is 168 Å². The molecule has 1 unspecified atom stereocenters. The van der Waals surface area contributed by atoms with Gasteiger partial charge in [-0.15, -0.1) is 5.11 Å². The van der Waals surface area contributed by atoms with Crippen LogP contribution < -0.4 is 5.73 Å². The second kappa shape index (κ2) is 8.07. The summed E-state index contributed by atoms with van der Waals surface area (Å²) in [6.45, 7) is 0. The number of primary amides is 1. The molecule has 5 nitrogen and oxygen atoms in total. The van der Waals surface area contributed by atoms with Crippen LogP contribution in [0.4, 0.5) is 4.39 Å². The van der Waals surface area contributed by atoms with Gasteiger partial charge < -0.3 is 5.73 Å². The standard InChI is InChI=1S/C23H22FN3O2/c24-20-10-8-14(12-19(20)15-4-3-5-16(13-15)22(25)28)9-11-21-17-6-1-2-7-18(17)23(29)27-26-21/h3-5,8,10,12-13,21H,1-2,6-7,9,11H2,(H2,25,28). The monoisotopic (exact) mass is 391 g/mol. The highest BCUT2D eigenvalue weighted by molar-refractivity contribution is 5.95. The van der Waals surface area contributed by atoms with Gasteiger partial charge in [0.15, 0.2) is 0 Å². The summed E-state index contributed by atoms with van der Waals surface area (Å²) in [5, 5.41) is 8.07. The summed E-state index contributed by atoms with van der Waals surface area (Å²) in [7, 11) is 0. The molecule has 2 aliphatic rings. The van der Waals surface area contributed by atoms with Gasteiger partial charge in [-0.1, -0.05) is 18.2 Å². The number of halogens is 1. The molecule has 148 valence electrons. The molecular formula is C23H22FN3O2. The van der Waals surface area contributed by atoms with Gasteiger partial charge in [-0.3, -0.25) is 9.59 Å². The number of rotatable bonds is 5. The van der Waals surface area contributed by atoms with E-state index >= 15 is 0 Å². The summed E-state index contributed by atoms with van der Waals surface area (Å²) in [5.41, 5.74) is 9.68. The van der Waals surface area contributed by atoms with Crippen molar-refractivity contribution in [2.75, 3.05) is 0 Å². The summed E-state index contributed by atoms with van der Waals surface area (Å²) in [5.74, 6) is -1.08. The molecule has 29 heavy (non-hydrogen) atoms. The van der Waals surface area contributed by atoms with Crippen molar-refractivity contribution < 1.29 is 14.0 Å². The van der Waals surface area contributed by atoms with Gasteiger partial charge in [0.1, 0.15) is 5.82 Å². The molecular weight excluding hydrogens is 369 g/mol. The zero-order valence-electron chi connectivity index (χ0n) is 16.0. The van der Waals surface area contributed by atoms with Crippen molar-refractivity contribution in [1.82, 2.24) is 0 Å². The van der Waals surface area contributed by atoms with Crippen LogP contribution in [0.25, 0.3) is 11.1 Å². The molecule has 0 saturated heterocycles. The van der Waals surface area contributed by atoms with Crippen LogP contribution in [0.15, 0.2) is 63.8 Å². The normalized spacial score (nSPS) is 18.7. The lowest BCUT2D eigenvalue weighted by Crippen LogP contribution is -2.22. The molecule has 2 aromatic carbocycles. The van der Waals surface area contributed by atoms with Crippen molar-refractivity contribution in [1.29, 1.82) is 0 Å². The van der Waals surface area contributed by atoms with E-state index in [4.69, 9.17) is 5.73 Å². The van der Waals surface area contributed by atoms with Gasteiger partial charge in [0, 0.05) is 16.7 Å². The smallest absolute Gasteiger partial charge is 0.291 e. The topological polar surface area (TPSA) is 84.9 Å². The van der Waals surface area contributed by atoms with E-state index in [1.807, 2.05) is 0 Å². The maximum absolute atomic E-state index is 14.5. The minimum absolute atomic E-state index is 0.0744. The SMILES string of the molecule is NC(=O)c1cccc(-c2cc(CCC3N=NC(=O)C4=C3CCCC4)ccc2F)c1. The molecule has 2 amide bonds. The van der Waals surface area contributed by atoms with Crippen LogP contribution in [0, 0.1) is 5.82 Å². The Morgan fingerprint density at radius 2 is 1.97 bits per heavy atom. The van der Waals surface area contributed by atoms with Crippen LogP contribution in [0.1, 0.15) is 48.0 Å². The van der Waals surface area contributed by atoms with Crippen LogP contribution in [-0.4, -0.2) is 17.9 Å². The summed E-state index contributed by atoms with van der Waals surface area (Å²) in [4.78, 5) is 23.4. The molecule has 1 aliphatic carbocycles. The number of nitrogens with two attached hydrogens (primary N) is 1. The van der Waals surface area contributed by atoms with E-state index in [9.17, 15) is 14.0 Å². The first-order chi connectivity index (χ1) is 14.0. The molecule has 2 aromatic rings. The highest BCUT2D eigenvalue weighted by Gasteiger charge is 2.28. The van der Waals surface area contributed by atoms with Crippen LogP contribution >= 0.6 is 0 Å². The third-order valence-corrected chi connectivity index (χ3v) is 5.65. The quantitative estimate of drug-likeness (QED) is 0.797. The predicted octanol–water partition coefficient (Wildman–Crippen LogP) is 4.76. The van der Waals surface area contributed by atoms with E-state index in [0.29, 0.717) is 23.1 Å². The third-order valence-electron chi connectivity index (χ3n) is 5.65. The Bertz CT molecular complexity index is 1040. The lowest BCUT2D eigenvalue weighted by atomic mass is 9.84. The summed E-state index contributed by atoms with van der Waals surface area (Å²) >= 11 is 0. The molecule has 0 radical (unpaired) electrons. The number of amides is 2. The molecule has 0 saturated carbocycles. The number of nitrogens with zero attached hydrogens (tertiary/aromatic N) is 2. The number of aryl methyl sites for hydroxylation is 1. The summed E-state index contributed by atoms with van der Waals surface area (Å²) < 4.78 is 14.5. The molecule has 1 aliphatic heterocycles. The average molecular weight is 391 g/mol. The van der Waals surface area contributed by atoms with Gasteiger partial charge in [-0.25, -0.2) is 4.39 Å². The van der Waals surface area contributed by atoms with Crippen LogP contribution in [0.2, 0.25) is 0 Å². The first-order valence-corrected chi connectivity index (χ1v) is 9.88. The summed E-state index contributed by atoms with van der Waals surface area (Å²) in [6, 6.07) is 11.6. The number of carbonyl (C=O) groups is 2. The molecule has 4 rings (SSSR count). The molecule has 1 heterocycles. The van der Waals surface area contributed by atoms with Gasteiger partial charge in [0.25, 0.3) is 5.91 Å². The number of hydrogen-bond donors (Lipinski definition) is 1. The fourth-order valence-electron chi connectivity index (χ4n) is 4.12. The second-order valence-corrected chi connectivity index (χ2v) is 7.55. The zero-order chi connectivity index (χ0) is 20.4. The van der Waals surface area contributed by atoms with E-state index in [2.05, 4.69) is 10.2 Å². The van der Waals surface area contributed by atoms with E-state index in [1.165, 1.54) is 6.07 Å². The van der Waals surface area contributed by atoms with Crippen molar-refractivity contribution in [3.05, 3.63) is 70.6 Å². The molecule has 0 fully saturated rings. The molecule has 0 bridgehead atoms. The van der Waals surface area contributed by atoms with Crippen molar-refractivity contribution in [3.8, 4) is 11.1 Å². The van der Waals surface area contributed by atoms with Gasteiger partial charge >= 0.3 is 0 Å². The Balaban J connectivity index is 1.55. The minimum Gasteiger partial charge on any atom is -0.366 e. The second-order valence-electron chi connectivity index (χ2n) is 7.55. The van der Waals surface area contributed by atoms with Crippen molar-refractivity contribution in [3.63, 3.8) is 0 Å². The maximum Gasteiger partial charge on any atom is 0.291 e. The van der Waals surface area contributed by atoms with Crippen molar-refractivity contribution in [2.24, 2.45) is 16.0 Å². The Hall–Kier alpha value is -3.15. The van der Waals surface area contributed by atoms with E-state index < -0.39 is 5.91 Å². The van der Waals surface area contributed by atoms with Crippen LogP contribution in [-0.2, 0) is 11.2 Å². The Morgan fingerprint density at radius 1 is 1.14 bits per heavy atom. The zero-order valence-corrected chi connectivity index (χ0v) is 16.0. The highest BCUT2D eigenvalue weighted by Crippen LogP contribution is 2.34. The number of carbonyl (C=O) groups excluding carboxylic acids is 2. The van der Waals surface area contributed by atoms with E-state index in [1.54, 1.807) is 36.4 Å². The average Bonchev–Trinajstić information content (AvgIpc) is 2.74. The Morgan fingerprint density at radius 3 is 2.79 bits per heavy atom. The largest absolute Gasteiger partial charge is 0.366 e. The fraction of sp³-hybridized carbons (Fsp3) is 0.304. The van der Waals surface area contributed by atoms with Gasteiger partial charge in [0.05, 0.1) is 6.04 Å².